The van der Waals surface area contributed by atoms with Crippen molar-refractivity contribution in [3.05, 3.63) is 23.5 Å². The molecule has 4 nitrogen and oxygen atoms in total. The average Bonchev–Trinajstić information content (AvgIpc) is 2.70. The molecule has 0 spiro atoms. The lowest BCUT2D eigenvalue weighted by Gasteiger charge is -2.33. The lowest BCUT2D eigenvalue weighted by Crippen LogP contribution is -2.39. The second kappa shape index (κ2) is 4.70. The normalized spacial score (nSPS) is 23.9. The number of hydrogen-bond donors (Lipinski definition) is 2. The van der Waals surface area contributed by atoms with Crippen LogP contribution >= 0.6 is 0 Å². The van der Waals surface area contributed by atoms with Gasteiger partial charge in [-0.3, -0.25) is 0 Å². The van der Waals surface area contributed by atoms with Gasteiger partial charge in [-0.15, -0.1) is 0 Å². The first-order chi connectivity index (χ1) is 7.69. The molecule has 0 aliphatic heterocycles. The molecule has 0 radical (unpaired) electrons. The van der Waals surface area contributed by atoms with Crippen molar-refractivity contribution in [2.45, 2.75) is 32.4 Å². The van der Waals surface area contributed by atoms with E-state index in [1.165, 1.54) is 20.0 Å². The van der Waals surface area contributed by atoms with E-state index in [0.717, 1.165) is 18.0 Å². The molecular weight excluding hydrogens is 204 g/mol. The molecular formula is C12H18N2O2. The van der Waals surface area contributed by atoms with Gasteiger partial charge in [-0.1, -0.05) is 6.92 Å². The summed E-state index contributed by atoms with van der Waals surface area (Å²) in [5.41, 5.74) is 1.61. The summed E-state index contributed by atoms with van der Waals surface area (Å²) in [4.78, 5) is 14.1. The molecule has 88 valence electrons. The summed E-state index contributed by atoms with van der Waals surface area (Å²) in [5, 5.41) is 3.46. The maximum Gasteiger partial charge on any atom is 0.354 e. The number of hydrogen-bond acceptors (Lipinski definition) is 3. The second-order valence-electron chi connectivity index (χ2n) is 4.57. The Kier molecular flexibility index (Phi) is 3.29. The number of ether oxygens (including phenoxy) is 1. The minimum Gasteiger partial charge on any atom is -0.464 e. The van der Waals surface area contributed by atoms with Crippen LogP contribution in [0.1, 0.15) is 35.8 Å². The van der Waals surface area contributed by atoms with Crippen molar-refractivity contribution < 1.29 is 9.53 Å². The van der Waals surface area contributed by atoms with Crippen LogP contribution in [0.4, 0.5) is 0 Å². The molecule has 1 saturated carbocycles. The van der Waals surface area contributed by atoms with Crippen molar-refractivity contribution in [2.24, 2.45) is 5.92 Å². The number of aromatic nitrogens is 1. The van der Waals surface area contributed by atoms with Gasteiger partial charge in [0.1, 0.15) is 5.69 Å². The summed E-state index contributed by atoms with van der Waals surface area (Å²) in [6.07, 6.45) is 4.36. The van der Waals surface area contributed by atoms with Crippen molar-refractivity contribution >= 4 is 5.97 Å². The van der Waals surface area contributed by atoms with E-state index in [1.54, 1.807) is 0 Å². The van der Waals surface area contributed by atoms with E-state index in [-0.39, 0.29) is 5.97 Å². The zero-order chi connectivity index (χ0) is 11.5. The highest BCUT2D eigenvalue weighted by molar-refractivity contribution is 5.87. The SMILES string of the molecule is COC(=O)c1cc(CNC2CC(C)C2)c[nH]1. The Hall–Kier alpha value is -1.29. The molecule has 2 N–H and O–H groups in total. The van der Waals surface area contributed by atoms with E-state index in [9.17, 15) is 4.79 Å². The summed E-state index contributed by atoms with van der Waals surface area (Å²) in [6, 6.07) is 2.48. The third-order valence-corrected chi connectivity index (χ3v) is 3.12. The highest BCUT2D eigenvalue weighted by Gasteiger charge is 2.24. The average molecular weight is 222 g/mol. The smallest absolute Gasteiger partial charge is 0.354 e. The number of carbonyl (C=O) groups excluding carboxylic acids is 1. The van der Waals surface area contributed by atoms with E-state index < -0.39 is 0 Å². The maximum atomic E-state index is 11.2. The van der Waals surface area contributed by atoms with Crippen LogP contribution in [0.5, 0.6) is 0 Å². The molecule has 16 heavy (non-hydrogen) atoms. The minimum atomic E-state index is -0.316. The lowest BCUT2D eigenvalue weighted by molar-refractivity contribution is 0.0595. The first-order valence-corrected chi connectivity index (χ1v) is 5.68. The Morgan fingerprint density at radius 2 is 2.38 bits per heavy atom. The predicted molar refractivity (Wildman–Crippen MR) is 61.2 cm³/mol. The van der Waals surface area contributed by atoms with Crippen molar-refractivity contribution in [2.75, 3.05) is 7.11 Å². The molecule has 1 aliphatic carbocycles. The number of aromatic amines is 1. The zero-order valence-corrected chi connectivity index (χ0v) is 9.75. The monoisotopic (exact) mass is 222 g/mol. The van der Waals surface area contributed by atoms with Crippen LogP contribution in [0.3, 0.4) is 0 Å². The summed E-state index contributed by atoms with van der Waals surface area (Å²) in [7, 11) is 1.39. The zero-order valence-electron chi connectivity index (χ0n) is 9.75. The third-order valence-electron chi connectivity index (χ3n) is 3.12. The number of carbonyl (C=O) groups is 1. The molecule has 1 heterocycles. The van der Waals surface area contributed by atoms with Gasteiger partial charge in [-0.05, 0) is 30.4 Å². The Bertz CT molecular complexity index is 367. The molecule has 1 aromatic heterocycles. The van der Waals surface area contributed by atoms with Gasteiger partial charge in [0.25, 0.3) is 0 Å². The molecule has 0 saturated heterocycles. The summed E-state index contributed by atoms with van der Waals surface area (Å²) in [5.74, 6) is 0.540. The van der Waals surface area contributed by atoms with E-state index >= 15 is 0 Å². The van der Waals surface area contributed by atoms with E-state index in [4.69, 9.17) is 0 Å². The molecule has 0 unspecified atom stereocenters. The topological polar surface area (TPSA) is 54.1 Å². The van der Waals surface area contributed by atoms with Crippen LogP contribution in [-0.4, -0.2) is 24.1 Å². The molecule has 0 bridgehead atoms. The second-order valence-corrected chi connectivity index (χ2v) is 4.57. The molecule has 1 fully saturated rings. The lowest BCUT2D eigenvalue weighted by atomic mass is 9.82. The van der Waals surface area contributed by atoms with Gasteiger partial charge < -0.3 is 15.0 Å². The Labute approximate surface area is 95.4 Å². The number of rotatable bonds is 4. The van der Waals surface area contributed by atoms with Gasteiger partial charge in [-0.25, -0.2) is 4.79 Å². The number of H-pyrrole nitrogens is 1. The Morgan fingerprint density at radius 3 is 3.00 bits per heavy atom. The van der Waals surface area contributed by atoms with Crippen LogP contribution in [0.2, 0.25) is 0 Å². The summed E-state index contributed by atoms with van der Waals surface area (Å²) in [6.45, 7) is 3.08. The number of esters is 1. The molecule has 2 rings (SSSR count). The number of nitrogens with one attached hydrogen (secondary N) is 2. The fourth-order valence-electron chi connectivity index (χ4n) is 2.10. The number of methoxy groups -OCH3 is 1. The molecule has 1 aliphatic rings. The van der Waals surface area contributed by atoms with E-state index in [1.807, 2.05) is 12.3 Å². The van der Waals surface area contributed by atoms with Crippen LogP contribution in [0.25, 0.3) is 0 Å². The fraction of sp³-hybridized carbons (Fsp3) is 0.583. The molecule has 0 atom stereocenters. The van der Waals surface area contributed by atoms with Crippen molar-refractivity contribution in [1.82, 2.24) is 10.3 Å². The summed E-state index contributed by atoms with van der Waals surface area (Å²) < 4.78 is 4.63. The van der Waals surface area contributed by atoms with Gasteiger partial charge in [0.15, 0.2) is 0 Å². The van der Waals surface area contributed by atoms with Crippen LogP contribution in [0, 0.1) is 5.92 Å². The van der Waals surface area contributed by atoms with Gasteiger partial charge in [0.05, 0.1) is 7.11 Å². The van der Waals surface area contributed by atoms with Gasteiger partial charge in [0.2, 0.25) is 0 Å². The third kappa shape index (κ3) is 2.44. The standard InChI is InChI=1S/C12H18N2O2/c1-8-3-10(4-8)13-6-9-5-11(14-7-9)12(15)16-2/h5,7-8,10,13-14H,3-4,6H2,1-2H3. The first kappa shape index (κ1) is 11.2. The molecule has 0 aromatic carbocycles. The minimum absolute atomic E-state index is 0.316. The van der Waals surface area contributed by atoms with E-state index in [2.05, 4.69) is 22.0 Å². The maximum absolute atomic E-state index is 11.2. The highest BCUT2D eigenvalue weighted by Crippen LogP contribution is 2.26. The van der Waals surface area contributed by atoms with Crippen LogP contribution in [-0.2, 0) is 11.3 Å². The Morgan fingerprint density at radius 1 is 1.62 bits per heavy atom. The van der Waals surface area contributed by atoms with Crippen molar-refractivity contribution in [3.8, 4) is 0 Å². The fourth-order valence-corrected chi connectivity index (χ4v) is 2.10. The van der Waals surface area contributed by atoms with Gasteiger partial charge in [-0.2, -0.15) is 0 Å². The van der Waals surface area contributed by atoms with Gasteiger partial charge in [0, 0.05) is 18.8 Å². The van der Waals surface area contributed by atoms with Crippen molar-refractivity contribution in [1.29, 1.82) is 0 Å². The largest absolute Gasteiger partial charge is 0.464 e. The van der Waals surface area contributed by atoms with E-state index in [0.29, 0.717) is 11.7 Å². The molecule has 1 aromatic rings. The quantitative estimate of drug-likeness (QED) is 0.762. The highest BCUT2D eigenvalue weighted by atomic mass is 16.5. The summed E-state index contributed by atoms with van der Waals surface area (Å²) >= 11 is 0. The van der Waals surface area contributed by atoms with Crippen LogP contribution < -0.4 is 5.32 Å². The van der Waals surface area contributed by atoms with Crippen molar-refractivity contribution in [3.63, 3.8) is 0 Å². The Balaban J connectivity index is 1.81. The predicted octanol–water partition coefficient (Wildman–Crippen LogP) is 1.69. The first-order valence-electron chi connectivity index (χ1n) is 5.68. The van der Waals surface area contributed by atoms with Crippen LogP contribution in [0.15, 0.2) is 12.3 Å². The molecule has 0 amide bonds. The molecule has 4 heteroatoms. The van der Waals surface area contributed by atoms with Gasteiger partial charge >= 0.3 is 5.97 Å².